The highest BCUT2D eigenvalue weighted by molar-refractivity contribution is 7.80. The zero-order valence-electron chi connectivity index (χ0n) is 13.6. The lowest BCUT2D eigenvalue weighted by atomic mass is 10.2. The van der Waals surface area contributed by atoms with Crippen LogP contribution in [0.5, 0.6) is 0 Å². The van der Waals surface area contributed by atoms with Crippen molar-refractivity contribution in [3.8, 4) is 0 Å². The molecule has 7 heteroatoms. The fraction of sp³-hybridized carbons (Fsp3) is 0.105. The topological polar surface area (TPSA) is 28.4 Å². The monoisotopic (exact) mass is 424 g/mol. The van der Waals surface area contributed by atoms with Crippen LogP contribution >= 0.6 is 47.0 Å². The molecule has 0 saturated carbocycles. The number of benzene rings is 2. The van der Waals surface area contributed by atoms with E-state index in [1.54, 1.807) is 24.5 Å². The van der Waals surface area contributed by atoms with Crippen LogP contribution < -0.4 is 5.32 Å². The Morgan fingerprint density at radius 1 is 0.962 bits per heavy atom. The second-order valence-electron chi connectivity index (χ2n) is 5.61. The Balaban J connectivity index is 1.79. The maximum atomic E-state index is 6.32. The van der Waals surface area contributed by atoms with Crippen molar-refractivity contribution in [3.63, 3.8) is 0 Å². The maximum absolute atomic E-state index is 6.32. The molecule has 134 valence electrons. The molecule has 0 unspecified atom stereocenters. The number of rotatable bonds is 5. The highest BCUT2D eigenvalue weighted by Crippen LogP contribution is 2.24. The molecule has 0 saturated heterocycles. The van der Waals surface area contributed by atoms with Gasteiger partial charge in [0.25, 0.3) is 0 Å². The Morgan fingerprint density at radius 3 is 2.35 bits per heavy atom. The largest absolute Gasteiger partial charge is 0.467 e. The zero-order valence-corrected chi connectivity index (χ0v) is 16.7. The van der Waals surface area contributed by atoms with E-state index >= 15 is 0 Å². The van der Waals surface area contributed by atoms with Gasteiger partial charge in [-0.1, -0.05) is 40.9 Å². The Labute approximate surface area is 172 Å². The van der Waals surface area contributed by atoms with Crippen molar-refractivity contribution < 1.29 is 4.42 Å². The lowest BCUT2D eigenvalue weighted by Crippen LogP contribution is -2.33. The summed E-state index contributed by atoms with van der Waals surface area (Å²) in [4.78, 5) is 1.97. The third kappa shape index (κ3) is 5.15. The van der Waals surface area contributed by atoms with Gasteiger partial charge in [0, 0.05) is 27.3 Å². The van der Waals surface area contributed by atoms with Crippen molar-refractivity contribution >= 4 is 57.8 Å². The summed E-state index contributed by atoms with van der Waals surface area (Å²) in [6.45, 7) is 1.02. The highest BCUT2D eigenvalue weighted by Gasteiger charge is 2.15. The van der Waals surface area contributed by atoms with Gasteiger partial charge in [0.1, 0.15) is 5.76 Å². The molecule has 2 aromatic carbocycles. The number of furan rings is 1. The summed E-state index contributed by atoms with van der Waals surface area (Å²) in [6.07, 6.45) is 1.64. The van der Waals surface area contributed by atoms with E-state index in [0.717, 1.165) is 17.0 Å². The lowest BCUT2D eigenvalue weighted by Gasteiger charge is -2.25. The van der Waals surface area contributed by atoms with Gasteiger partial charge in [-0.05, 0) is 66.3 Å². The van der Waals surface area contributed by atoms with Crippen molar-refractivity contribution in [1.82, 2.24) is 4.90 Å². The molecule has 3 rings (SSSR count). The molecule has 0 radical (unpaired) electrons. The van der Waals surface area contributed by atoms with Crippen LogP contribution in [-0.2, 0) is 13.1 Å². The SMILES string of the molecule is S=C(Nc1ccc(Cl)cc1)N(Cc1ccco1)Cc1ccc(Cl)cc1Cl. The van der Waals surface area contributed by atoms with Crippen molar-refractivity contribution in [3.05, 3.63) is 87.3 Å². The van der Waals surface area contributed by atoms with Gasteiger partial charge in [0.05, 0.1) is 12.8 Å². The first-order valence-electron chi connectivity index (χ1n) is 7.79. The average Bonchev–Trinajstić information content (AvgIpc) is 3.11. The predicted octanol–water partition coefficient (Wildman–Crippen LogP) is 6.64. The van der Waals surface area contributed by atoms with Crippen LogP contribution in [0.3, 0.4) is 0 Å². The number of hydrogen-bond donors (Lipinski definition) is 1. The molecule has 0 atom stereocenters. The molecule has 1 N–H and O–H groups in total. The Bertz CT molecular complexity index is 882. The fourth-order valence-corrected chi connectivity index (χ4v) is 3.22. The molecular formula is C19H15Cl3N2OS. The van der Waals surface area contributed by atoms with Crippen LogP contribution in [0.1, 0.15) is 11.3 Å². The standard InChI is InChI=1S/C19H15Cl3N2OS/c20-14-5-7-16(8-6-14)23-19(26)24(12-17-2-1-9-25-17)11-13-3-4-15(21)10-18(13)22/h1-10H,11-12H2,(H,23,26). The molecule has 0 aliphatic rings. The van der Waals surface area contributed by atoms with Gasteiger partial charge in [0.2, 0.25) is 0 Å². The number of thiocarbonyl (C=S) groups is 1. The van der Waals surface area contributed by atoms with Gasteiger partial charge in [0.15, 0.2) is 5.11 Å². The molecule has 1 heterocycles. The predicted molar refractivity (Wildman–Crippen MR) is 112 cm³/mol. The molecular weight excluding hydrogens is 411 g/mol. The second kappa shape index (κ2) is 8.78. The Morgan fingerprint density at radius 2 is 1.69 bits per heavy atom. The molecule has 1 aromatic heterocycles. The van der Waals surface area contributed by atoms with E-state index in [-0.39, 0.29) is 0 Å². The molecule has 3 nitrogen and oxygen atoms in total. The molecule has 0 spiro atoms. The van der Waals surface area contributed by atoms with E-state index in [1.165, 1.54) is 0 Å². The number of nitrogens with zero attached hydrogens (tertiary/aromatic N) is 1. The molecule has 0 fully saturated rings. The van der Waals surface area contributed by atoms with E-state index in [1.807, 2.05) is 41.3 Å². The normalized spacial score (nSPS) is 10.6. The smallest absolute Gasteiger partial charge is 0.174 e. The van der Waals surface area contributed by atoms with Crippen molar-refractivity contribution in [2.45, 2.75) is 13.1 Å². The van der Waals surface area contributed by atoms with Gasteiger partial charge >= 0.3 is 0 Å². The third-order valence-corrected chi connectivity index (χ3v) is 4.89. The van der Waals surface area contributed by atoms with E-state index in [4.69, 9.17) is 51.4 Å². The minimum atomic E-state index is 0.505. The highest BCUT2D eigenvalue weighted by atomic mass is 35.5. The van der Waals surface area contributed by atoms with E-state index in [0.29, 0.717) is 33.3 Å². The van der Waals surface area contributed by atoms with Gasteiger partial charge in [-0.2, -0.15) is 0 Å². The van der Waals surface area contributed by atoms with E-state index in [2.05, 4.69) is 5.32 Å². The van der Waals surface area contributed by atoms with Crippen LogP contribution in [0.2, 0.25) is 15.1 Å². The fourth-order valence-electron chi connectivity index (χ4n) is 2.38. The van der Waals surface area contributed by atoms with Crippen LogP contribution in [0, 0.1) is 0 Å². The molecule has 26 heavy (non-hydrogen) atoms. The Kier molecular flexibility index (Phi) is 6.43. The zero-order chi connectivity index (χ0) is 18.5. The van der Waals surface area contributed by atoms with Crippen molar-refractivity contribution in [1.29, 1.82) is 0 Å². The summed E-state index contributed by atoms with van der Waals surface area (Å²) in [5, 5.41) is 5.63. The minimum absolute atomic E-state index is 0.505. The van der Waals surface area contributed by atoms with Gasteiger partial charge in [-0.3, -0.25) is 0 Å². The lowest BCUT2D eigenvalue weighted by molar-refractivity contribution is 0.360. The third-order valence-electron chi connectivity index (χ3n) is 3.69. The van der Waals surface area contributed by atoms with Gasteiger partial charge < -0.3 is 14.6 Å². The number of hydrogen-bond acceptors (Lipinski definition) is 2. The summed E-state index contributed by atoms with van der Waals surface area (Å²) in [5.41, 5.74) is 1.77. The molecule has 3 aromatic rings. The first-order chi connectivity index (χ1) is 12.5. The Hall–Kier alpha value is -1.72. The first-order valence-corrected chi connectivity index (χ1v) is 9.33. The first kappa shape index (κ1) is 19.1. The van der Waals surface area contributed by atoms with Crippen molar-refractivity contribution in [2.24, 2.45) is 0 Å². The van der Waals surface area contributed by atoms with Crippen LogP contribution in [-0.4, -0.2) is 10.0 Å². The van der Waals surface area contributed by atoms with Crippen LogP contribution in [0.25, 0.3) is 0 Å². The molecule has 0 amide bonds. The molecule has 0 bridgehead atoms. The number of anilines is 1. The summed E-state index contributed by atoms with van der Waals surface area (Å²) >= 11 is 23.9. The van der Waals surface area contributed by atoms with Gasteiger partial charge in [-0.25, -0.2) is 0 Å². The van der Waals surface area contributed by atoms with E-state index < -0.39 is 0 Å². The molecule has 0 aliphatic carbocycles. The summed E-state index contributed by atoms with van der Waals surface area (Å²) in [5.74, 6) is 0.801. The van der Waals surface area contributed by atoms with E-state index in [9.17, 15) is 0 Å². The minimum Gasteiger partial charge on any atom is -0.467 e. The van der Waals surface area contributed by atoms with Crippen LogP contribution in [0.4, 0.5) is 5.69 Å². The molecule has 0 aliphatic heterocycles. The van der Waals surface area contributed by atoms with Crippen molar-refractivity contribution in [2.75, 3.05) is 5.32 Å². The number of halogens is 3. The van der Waals surface area contributed by atoms with Gasteiger partial charge in [-0.15, -0.1) is 0 Å². The summed E-state index contributed by atoms with van der Waals surface area (Å²) in [7, 11) is 0. The maximum Gasteiger partial charge on any atom is 0.174 e. The second-order valence-corrected chi connectivity index (χ2v) is 7.27. The summed E-state index contributed by atoms with van der Waals surface area (Å²) in [6, 6.07) is 16.5. The summed E-state index contributed by atoms with van der Waals surface area (Å²) < 4.78 is 5.47. The average molecular weight is 426 g/mol. The number of nitrogens with one attached hydrogen (secondary N) is 1. The quantitative estimate of drug-likeness (QED) is 0.464. The van der Waals surface area contributed by atoms with Crippen LogP contribution in [0.15, 0.2) is 65.3 Å².